The van der Waals surface area contributed by atoms with Crippen LogP contribution in [0.1, 0.15) is 59.3 Å². The Hall–Kier alpha value is -0.570. The van der Waals surface area contributed by atoms with Crippen LogP contribution in [-0.2, 0) is 4.79 Å². The lowest BCUT2D eigenvalue weighted by molar-refractivity contribution is -0.132. The highest BCUT2D eigenvalue weighted by Crippen LogP contribution is 2.33. The Morgan fingerprint density at radius 3 is 2.42 bits per heavy atom. The molecule has 0 radical (unpaired) electrons. The SMILES string of the molecule is CCC(C)CN(CC)C(=O)CC1CC2CCC(C1)N2. The number of nitrogens with zero attached hydrogens (tertiary/aromatic N) is 1. The number of nitrogens with one attached hydrogen (secondary N) is 1. The number of carbonyl (C=O) groups excluding carboxylic acids is 1. The molecule has 0 saturated carbocycles. The van der Waals surface area contributed by atoms with E-state index in [1.54, 1.807) is 0 Å². The summed E-state index contributed by atoms with van der Waals surface area (Å²) in [4.78, 5) is 14.5. The molecule has 19 heavy (non-hydrogen) atoms. The van der Waals surface area contributed by atoms with Crippen molar-refractivity contribution in [3.05, 3.63) is 0 Å². The van der Waals surface area contributed by atoms with Crippen LogP contribution >= 0.6 is 0 Å². The van der Waals surface area contributed by atoms with Gasteiger partial charge in [0.1, 0.15) is 0 Å². The molecule has 2 aliphatic heterocycles. The number of piperidine rings is 1. The number of rotatable bonds is 6. The molecule has 0 aliphatic carbocycles. The van der Waals surface area contributed by atoms with Crippen LogP contribution in [0, 0.1) is 11.8 Å². The summed E-state index contributed by atoms with van der Waals surface area (Å²) in [7, 11) is 0. The van der Waals surface area contributed by atoms with E-state index in [2.05, 4.69) is 31.0 Å². The molecule has 0 aromatic heterocycles. The van der Waals surface area contributed by atoms with Gasteiger partial charge in [0.15, 0.2) is 0 Å². The van der Waals surface area contributed by atoms with Gasteiger partial charge < -0.3 is 10.2 Å². The van der Waals surface area contributed by atoms with E-state index >= 15 is 0 Å². The first kappa shape index (κ1) is 14.8. The summed E-state index contributed by atoms with van der Waals surface area (Å²) in [6.45, 7) is 8.34. The number of hydrogen-bond donors (Lipinski definition) is 1. The Bertz CT molecular complexity index is 293. The van der Waals surface area contributed by atoms with Crippen molar-refractivity contribution in [2.75, 3.05) is 13.1 Å². The third kappa shape index (κ3) is 3.95. The van der Waals surface area contributed by atoms with Gasteiger partial charge in [0.2, 0.25) is 5.91 Å². The van der Waals surface area contributed by atoms with Crippen LogP contribution in [0.15, 0.2) is 0 Å². The maximum atomic E-state index is 12.4. The Kier molecular flexibility index (Phi) is 5.26. The molecule has 2 fully saturated rings. The highest BCUT2D eigenvalue weighted by atomic mass is 16.2. The zero-order valence-electron chi connectivity index (χ0n) is 12.8. The third-order valence-corrected chi connectivity index (χ3v) is 5.00. The fourth-order valence-electron chi connectivity index (χ4n) is 3.63. The molecule has 2 bridgehead atoms. The van der Waals surface area contributed by atoms with Crippen molar-refractivity contribution in [3.63, 3.8) is 0 Å². The largest absolute Gasteiger partial charge is 0.343 e. The second-order valence-corrected chi connectivity index (χ2v) is 6.63. The molecule has 0 aromatic rings. The first-order valence-corrected chi connectivity index (χ1v) is 8.16. The molecule has 0 aromatic carbocycles. The molecule has 2 heterocycles. The molecular weight excluding hydrogens is 236 g/mol. The summed E-state index contributed by atoms with van der Waals surface area (Å²) in [6.07, 6.45) is 6.99. The lowest BCUT2D eigenvalue weighted by Crippen LogP contribution is -2.41. The molecule has 110 valence electrons. The molecule has 3 heteroatoms. The lowest BCUT2D eigenvalue weighted by Gasteiger charge is -2.31. The van der Waals surface area contributed by atoms with Gasteiger partial charge in [-0.2, -0.15) is 0 Å². The molecule has 1 amide bonds. The minimum Gasteiger partial charge on any atom is -0.343 e. The van der Waals surface area contributed by atoms with Crippen molar-refractivity contribution in [3.8, 4) is 0 Å². The summed E-state index contributed by atoms with van der Waals surface area (Å²) in [5.41, 5.74) is 0. The van der Waals surface area contributed by atoms with Gasteiger partial charge >= 0.3 is 0 Å². The Morgan fingerprint density at radius 1 is 1.26 bits per heavy atom. The second kappa shape index (κ2) is 6.74. The number of carbonyl (C=O) groups is 1. The summed E-state index contributed by atoms with van der Waals surface area (Å²) in [5, 5.41) is 3.65. The molecular formula is C16H30N2O. The predicted octanol–water partition coefficient (Wildman–Crippen LogP) is 2.80. The van der Waals surface area contributed by atoms with E-state index in [4.69, 9.17) is 0 Å². The standard InChI is InChI=1S/C16H30N2O/c1-4-12(3)11-18(5-2)16(19)10-13-8-14-6-7-15(9-13)17-14/h12-15,17H,4-11H2,1-3H3. The van der Waals surface area contributed by atoms with E-state index < -0.39 is 0 Å². The van der Waals surface area contributed by atoms with Crippen LogP contribution in [-0.4, -0.2) is 36.0 Å². The minimum absolute atomic E-state index is 0.383. The first-order chi connectivity index (χ1) is 9.12. The molecule has 3 unspecified atom stereocenters. The van der Waals surface area contributed by atoms with Crippen LogP contribution in [0.2, 0.25) is 0 Å². The average molecular weight is 266 g/mol. The van der Waals surface area contributed by atoms with E-state index in [0.29, 0.717) is 29.8 Å². The maximum absolute atomic E-state index is 12.4. The highest BCUT2D eigenvalue weighted by Gasteiger charge is 2.34. The molecule has 0 spiro atoms. The lowest BCUT2D eigenvalue weighted by atomic mass is 9.89. The van der Waals surface area contributed by atoms with Crippen LogP contribution in [0.5, 0.6) is 0 Å². The molecule has 2 rings (SSSR count). The Labute approximate surface area is 118 Å². The van der Waals surface area contributed by atoms with Crippen LogP contribution in [0.4, 0.5) is 0 Å². The van der Waals surface area contributed by atoms with Crippen molar-refractivity contribution in [2.45, 2.75) is 71.4 Å². The smallest absolute Gasteiger partial charge is 0.222 e. The average Bonchev–Trinajstić information content (AvgIpc) is 2.74. The van der Waals surface area contributed by atoms with Crippen molar-refractivity contribution in [1.29, 1.82) is 0 Å². The zero-order chi connectivity index (χ0) is 13.8. The van der Waals surface area contributed by atoms with Gasteiger partial charge in [-0.15, -0.1) is 0 Å². The fraction of sp³-hybridized carbons (Fsp3) is 0.938. The Balaban J connectivity index is 1.81. The van der Waals surface area contributed by atoms with Gasteiger partial charge in [-0.05, 0) is 44.4 Å². The van der Waals surface area contributed by atoms with Gasteiger partial charge in [-0.1, -0.05) is 20.3 Å². The van der Waals surface area contributed by atoms with Crippen molar-refractivity contribution >= 4 is 5.91 Å². The van der Waals surface area contributed by atoms with Gasteiger partial charge in [0, 0.05) is 31.6 Å². The van der Waals surface area contributed by atoms with Crippen molar-refractivity contribution in [1.82, 2.24) is 10.2 Å². The topological polar surface area (TPSA) is 32.3 Å². The van der Waals surface area contributed by atoms with Gasteiger partial charge in [-0.3, -0.25) is 4.79 Å². The Morgan fingerprint density at radius 2 is 1.89 bits per heavy atom. The van der Waals surface area contributed by atoms with Gasteiger partial charge in [0.25, 0.3) is 0 Å². The number of amides is 1. The van der Waals surface area contributed by atoms with E-state index in [1.165, 1.54) is 25.7 Å². The molecule has 2 saturated heterocycles. The molecule has 3 atom stereocenters. The summed E-state index contributed by atoms with van der Waals surface area (Å²) < 4.78 is 0. The zero-order valence-corrected chi connectivity index (χ0v) is 12.8. The normalized spacial score (nSPS) is 31.2. The van der Waals surface area contributed by atoms with Gasteiger partial charge in [0.05, 0.1) is 0 Å². The highest BCUT2D eigenvalue weighted by molar-refractivity contribution is 5.76. The van der Waals surface area contributed by atoms with Crippen molar-refractivity contribution < 1.29 is 4.79 Å². The van der Waals surface area contributed by atoms with Crippen LogP contribution in [0.25, 0.3) is 0 Å². The third-order valence-electron chi connectivity index (χ3n) is 5.00. The fourth-order valence-corrected chi connectivity index (χ4v) is 3.63. The quantitative estimate of drug-likeness (QED) is 0.802. The van der Waals surface area contributed by atoms with E-state index in [9.17, 15) is 4.79 Å². The minimum atomic E-state index is 0.383. The molecule has 1 N–H and O–H groups in total. The predicted molar refractivity (Wildman–Crippen MR) is 79.0 cm³/mol. The van der Waals surface area contributed by atoms with Crippen molar-refractivity contribution in [2.24, 2.45) is 11.8 Å². The van der Waals surface area contributed by atoms with E-state index in [0.717, 1.165) is 25.9 Å². The molecule has 2 aliphatic rings. The summed E-state index contributed by atoms with van der Waals surface area (Å²) in [6, 6.07) is 1.39. The van der Waals surface area contributed by atoms with Crippen LogP contribution in [0.3, 0.4) is 0 Å². The summed E-state index contributed by atoms with van der Waals surface area (Å²) >= 11 is 0. The summed E-state index contributed by atoms with van der Waals surface area (Å²) in [5.74, 6) is 1.62. The van der Waals surface area contributed by atoms with E-state index in [1.807, 2.05) is 0 Å². The number of fused-ring (bicyclic) bond motifs is 2. The first-order valence-electron chi connectivity index (χ1n) is 8.16. The number of hydrogen-bond acceptors (Lipinski definition) is 2. The second-order valence-electron chi connectivity index (χ2n) is 6.63. The monoisotopic (exact) mass is 266 g/mol. The van der Waals surface area contributed by atoms with E-state index in [-0.39, 0.29) is 0 Å². The maximum Gasteiger partial charge on any atom is 0.222 e. The van der Waals surface area contributed by atoms with Crippen LogP contribution < -0.4 is 5.32 Å². The molecule has 3 nitrogen and oxygen atoms in total. The van der Waals surface area contributed by atoms with Gasteiger partial charge in [-0.25, -0.2) is 0 Å².